The second-order valence-electron chi connectivity index (χ2n) is 6.95. The van der Waals surface area contributed by atoms with E-state index >= 15 is 0 Å². The van der Waals surface area contributed by atoms with Gasteiger partial charge >= 0.3 is 24.8 Å². The first-order valence-electron chi connectivity index (χ1n) is 9.98. The van der Waals surface area contributed by atoms with Crippen molar-refractivity contribution < 1.29 is 59.9 Å². The van der Waals surface area contributed by atoms with Crippen molar-refractivity contribution in [3.8, 4) is 0 Å². The smallest absolute Gasteiger partial charge is 0.542 e. The summed E-state index contributed by atoms with van der Waals surface area (Å²) in [6.07, 6.45) is -2.14. The summed E-state index contributed by atoms with van der Waals surface area (Å²) in [6, 6.07) is 9.04. The van der Waals surface area contributed by atoms with Gasteiger partial charge in [0.15, 0.2) is 0 Å². The number of unbranched alkanes of at least 4 members (excludes halogenated alkanes) is 2. The predicted molar refractivity (Wildman–Crippen MR) is 114 cm³/mol. The molecule has 1 amide bonds. The molecule has 11 heteroatoms. The van der Waals surface area contributed by atoms with Crippen molar-refractivity contribution in [3.05, 3.63) is 84.1 Å². The Morgan fingerprint density at radius 2 is 1.74 bits per heavy atom. The van der Waals surface area contributed by atoms with E-state index in [1.165, 1.54) is 13.4 Å². The first kappa shape index (κ1) is 32.2. The minimum Gasteiger partial charge on any atom is -0.542 e. The number of halogens is 5. The van der Waals surface area contributed by atoms with Gasteiger partial charge in [0.2, 0.25) is 0 Å². The van der Waals surface area contributed by atoms with Gasteiger partial charge in [0.1, 0.15) is 23.2 Å². The third kappa shape index (κ3) is 12.4. The van der Waals surface area contributed by atoms with Gasteiger partial charge in [-0.2, -0.15) is 37.5 Å². The number of nitrogens with one attached hydrogen (secondary N) is 1. The molecule has 5 nitrogen and oxygen atoms in total. The van der Waals surface area contributed by atoms with E-state index in [0.717, 1.165) is 29.3 Å². The number of ether oxygens (including phenoxy) is 1. The second kappa shape index (κ2) is 16.0. The molecule has 0 saturated carbocycles. The molecule has 186 valence electrons. The fourth-order valence-electron chi connectivity index (χ4n) is 2.71. The van der Waals surface area contributed by atoms with Crippen LogP contribution in [0.3, 0.4) is 0 Å². The number of hydrogen-bond acceptors (Lipinski definition) is 4. The van der Waals surface area contributed by atoms with Crippen molar-refractivity contribution >= 4 is 18.2 Å². The Kier molecular flexibility index (Phi) is 14.7. The summed E-state index contributed by atoms with van der Waals surface area (Å²) in [6.45, 7) is 3.78. The van der Waals surface area contributed by atoms with Crippen LogP contribution in [0.5, 0.6) is 0 Å². The van der Waals surface area contributed by atoms with Crippen LogP contribution in [0.1, 0.15) is 40.7 Å². The zero-order chi connectivity index (χ0) is 25.7. The van der Waals surface area contributed by atoms with Gasteiger partial charge in [-0.25, -0.2) is 33.2 Å². The third-order valence-electron chi connectivity index (χ3n) is 4.27. The van der Waals surface area contributed by atoms with Crippen molar-refractivity contribution in [1.82, 2.24) is 5.32 Å². The molecular weight excluding hydrogens is 468 g/mol. The minimum absolute atomic E-state index is 0. The summed E-state index contributed by atoms with van der Waals surface area (Å²) in [4.78, 5) is 33.6. The van der Waals surface area contributed by atoms with E-state index in [1.807, 2.05) is 0 Å². The second-order valence-corrected chi connectivity index (χ2v) is 6.95. The quantitative estimate of drug-likeness (QED) is 0.191. The molecule has 0 radical (unpaired) electrons. The Labute approximate surface area is 212 Å². The summed E-state index contributed by atoms with van der Waals surface area (Å²) < 4.78 is 66.0. The van der Waals surface area contributed by atoms with Gasteiger partial charge in [0.25, 0.3) is 12.1 Å². The number of amides is 1. The number of methoxy groups -OCH3 is 1. The molecule has 2 rings (SSSR count). The molecule has 0 bridgehead atoms. The molecule has 0 aliphatic carbocycles. The number of esters is 1. The molecule has 0 fully saturated rings. The molecule has 1 N–H and O–H groups in total. The monoisotopic (exact) mass is 491 g/mol. The average molecular weight is 491 g/mol. The van der Waals surface area contributed by atoms with E-state index in [0.29, 0.717) is 0 Å². The van der Waals surface area contributed by atoms with Crippen LogP contribution in [-0.2, 0) is 20.7 Å². The number of rotatable bonds is 9. The molecule has 0 unspecified atom stereocenters. The molecule has 1 atom stereocenters. The molecular formula is C24H23F5LiNO4-2. The Bertz CT molecular complexity index is 949. The van der Waals surface area contributed by atoms with Crippen LogP contribution >= 0.6 is 0 Å². The molecule has 0 spiro atoms. The Balaban J connectivity index is 0.000000895. The number of hydrogen-bond donors (Lipinski definition) is 1. The van der Waals surface area contributed by atoms with Gasteiger partial charge in [-0.15, -0.1) is 18.1 Å². The molecule has 0 heterocycles. The molecule has 35 heavy (non-hydrogen) atoms. The fourth-order valence-corrected chi connectivity index (χ4v) is 2.71. The van der Waals surface area contributed by atoms with E-state index < -0.39 is 41.3 Å². The third-order valence-corrected chi connectivity index (χ3v) is 4.27. The van der Waals surface area contributed by atoms with Crippen LogP contribution in [-0.4, -0.2) is 37.5 Å². The van der Waals surface area contributed by atoms with Crippen LogP contribution < -0.4 is 24.2 Å². The Morgan fingerprint density at radius 1 is 1.14 bits per heavy atom. The van der Waals surface area contributed by atoms with Gasteiger partial charge in [0, 0.05) is 0 Å². The van der Waals surface area contributed by atoms with Gasteiger partial charge in [-0.3, -0.25) is 11.1 Å². The molecule has 0 aliphatic heterocycles. The van der Waals surface area contributed by atoms with Crippen molar-refractivity contribution in [2.45, 2.75) is 37.9 Å². The van der Waals surface area contributed by atoms with E-state index in [4.69, 9.17) is 0 Å². The first-order valence-corrected chi connectivity index (χ1v) is 9.98. The predicted octanol–water partition coefficient (Wildman–Crippen LogP) is 1.70. The van der Waals surface area contributed by atoms with E-state index in [2.05, 4.69) is 17.0 Å². The standard InChI is InChI=1S/C18H16F2NO3.C6H7F3O.Li/c1-11-5-3-6-12(9-11)10-15(18(23)24-2)21-17(22)16-13(19)7-4-8-14(16)20;7-6(8,9)4-2-1-3-5-10;/h3-9,15H,1,10H2,2H3,(H,21,22);4H,1-3H2;/q-1;-2;+1/t15-;;/m0../s1. The minimum atomic E-state index is -4.21. The summed E-state index contributed by atoms with van der Waals surface area (Å²) >= 11 is 0. The first-order chi connectivity index (χ1) is 16.0. The van der Waals surface area contributed by atoms with Crippen LogP contribution in [0.4, 0.5) is 22.0 Å². The van der Waals surface area contributed by atoms with Gasteiger partial charge in [-0.05, 0) is 18.6 Å². The zero-order valence-electron chi connectivity index (χ0n) is 19.3. The molecule has 2 aromatic carbocycles. The van der Waals surface area contributed by atoms with Gasteiger partial charge < -0.3 is 14.8 Å². The Hall–Kier alpha value is -2.83. The van der Waals surface area contributed by atoms with Gasteiger partial charge in [-0.1, -0.05) is 12.1 Å². The van der Waals surface area contributed by atoms with Crippen LogP contribution in [0.15, 0.2) is 42.5 Å². The summed E-state index contributed by atoms with van der Waals surface area (Å²) in [5, 5.41) is 2.32. The zero-order valence-corrected chi connectivity index (χ0v) is 19.3. The molecule has 2 aromatic rings. The normalized spacial score (nSPS) is 11.3. The van der Waals surface area contributed by atoms with Crippen molar-refractivity contribution in [1.29, 1.82) is 0 Å². The maximum Gasteiger partial charge on any atom is 1.00 e. The summed E-state index contributed by atoms with van der Waals surface area (Å²) in [5.74, 6) is -3.74. The van der Waals surface area contributed by atoms with Gasteiger partial charge in [0.05, 0.1) is 7.11 Å². The summed E-state index contributed by atoms with van der Waals surface area (Å²) in [5.41, 5.74) is 0.729. The van der Waals surface area contributed by atoms with Crippen LogP contribution in [0.2, 0.25) is 0 Å². The van der Waals surface area contributed by atoms with E-state index in [1.54, 1.807) is 24.3 Å². The molecule has 0 saturated heterocycles. The van der Waals surface area contributed by atoms with Crippen molar-refractivity contribution in [2.75, 3.05) is 7.11 Å². The van der Waals surface area contributed by atoms with Crippen LogP contribution in [0.25, 0.3) is 0 Å². The van der Waals surface area contributed by atoms with Crippen LogP contribution in [0, 0.1) is 25.0 Å². The van der Waals surface area contributed by atoms with E-state index in [-0.39, 0.29) is 51.0 Å². The topological polar surface area (TPSA) is 72.5 Å². The van der Waals surface area contributed by atoms with Crippen molar-refractivity contribution in [3.63, 3.8) is 0 Å². The SMILES string of the molecule is O=[C-]CCC[CH-]C(F)(F)F.[CH2-]c1cccc(C[C@H](NC(=O)c2c(F)cccc2F)C(=O)OC)c1.[Li+]. The Morgan fingerprint density at radius 3 is 2.26 bits per heavy atom. The number of carbonyl (C=O) groups excluding carboxylic acids is 3. The maximum atomic E-state index is 13.7. The molecule has 0 aliphatic rings. The average Bonchev–Trinajstić information content (AvgIpc) is 2.75. The number of alkyl halides is 3. The molecule has 0 aromatic heterocycles. The summed E-state index contributed by atoms with van der Waals surface area (Å²) in [7, 11) is 1.17. The maximum absolute atomic E-state index is 13.7. The van der Waals surface area contributed by atoms with E-state index in [9.17, 15) is 36.3 Å². The number of carbonyl (C=O) groups is 2. The largest absolute Gasteiger partial charge is 1.00 e. The van der Waals surface area contributed by atoms with Crippen molar-refractivity contribution in [2.24, 2.45) is 0 Å². The number of benzene rings is 2. The fraction of sp³-hybridized carbons (Fsp3) is 0.292.